The van der Waals surface area contributed by atoms with Crippen molar-refractivity contribution >= 4 is 5.91 Å². The van der Waals surface area contributed by atoms with Gasteiger partial charge >= 0.3 is 0 Å². The van der Waals surface area contributed by atoms with Crippen molar-refractivity contribution in [2.75, 3.05) is 0 Å². The first-order valence-electron chi connectivity index (χ1n) is 6.67. The van der Waals surface area contributed by atoms with Crippen LogP contribution >= 0.6 is 0 Å². The molecule has 2 aromatic carbocycles. The number of carbonyl (C=O) groups is 1. The minimum atomic E-state index is -0.165. The second kappa shape index (κ2) is 6.20. The summed E-state index contributed by atoms with van der Waals surface area (Å²) in [6.07, 6.45) is 1.31. The largest absolute Gasteiger partial charge is 0.342 e. The van der Waals surface area contributed by atoms with Gasteiger partial charge in [0.05, 0.1) is 6.04 Å². The summed E-state index contributed by atoms with van der Waals surface area (Å²) >= 11 is 0. The maximum Gasteiger partial charge on any atom is 0.244 e. The number of aryl methyl sites for hydroxylation is 2. The van der Waals surface area contributed by atoms with Gasteiger partial charge in [-0.05, 0) is 42.2 Å². The Morgan fingerprint density at radius 3 is 1.85 bits per heavy atom. The Kier molecular flexibility index (Phi) is 4.36. The molecule has 2 aromatic rings. The standard InChI is InChI=1S/C18H19NO/c1-4-17(20)19-18(15-11-7-5-9-13(15)2)16-12-8-6-10-14(16)3/h4-12,18H,1H2,2-3H3,(H,19,20). The van der Waals surface area contributed by atoms with E-state index in [0.29, 0.717) is 0 Å². The predicted octanol–water partition coefficient (Wildman–Crippen LogP) is 3.70. The van der Waals surface area contributed by atoms with Gasteiger partial charge < -0.3 is 5.32 Å². The summed E-state index contributed by atoms with van der Waals surface area (Å²) < 4.78 is 0. The van der Waals surface area contributed by atoms with Crippen LogP contribution in [0.2, 0.25) is 0 Å². The van der Waals surface area contributed by atoms with Crippen molar-refractivity contribution in [1.82, 2.24) is 5.32 Å². The molecule has 0 saturated carbocycles. The van der Waals surface area contributed by atoms with Crippen LogP contribution in [0, 0.1) is 13.8 Å². The summed E-state index contributed by atoms with van der Waals surface area (Å²) in [7, 11) is 0. The number of hydrogen-bond donors (Lipinski definition) is 1. The molecule has 0 atom stereocenters. The van der Waals surface area contributed by atoms with E-state index < -0.39 is 0 Å². The van der Waals surface area contributed by atoms with Crippen molar-refractivity contribution in [2.24, 2.45) is 0 Å². The van der Waals surface area contributed by atoms with Crippen molar-refractivity contribution in [3.63, 3.8) is 0 Å². The van der Waals surface area contributed by atoms with Gasteiger partial charge in [0.2, 0.25) is 5.91 Å². The number of amides is 1. The summed E-state index contributed by atoms with van der Waals surface area (Å²) in [5.41, 5.74) is 4.53. The molecule has 0 saturated heterocycles. The molecule has 0 aliphatic heterocycles. The molecule has 1 N–H and O–H groups in total. The number of rotatable bonds is 4. The first-order chi connectivity index (χ1) is 9.63. The van der Waals surface area contributed by atoms with Gasteiger partial charge in [0.15, 0.2) is 0 Å². The zero-order chi connectivity index (χ0) is 14.5. The molecule has 102 valence electrons. The quantitative estimate of drug-likeness (QED) is 0.839. The lowest BCUT2D eigenvalue weighted by atomic mass is 9.92. The predicted molar refractivity (Wildman–Crippen MR) is 82.5 cm³/mol. The van der Waals surface area contributed by atoms with Gasteiger partial charge in [0.25, 0.3) is 0 Å². The molecule has 0 spiro atoms. The highest BCUT2D eigenvalue weighted by Gasteiger charge is 2.18. The lowest BCUT2D eigenvalue weighted by Gasteiger charge is -2.22. The molecule has 0 aliphatic carbocycles. The monoisotopic (exact) mass is 265 g/mol. The smallest absolute Gasteiger partial charge is 0.244 e. The van der Waals surface area contributed by atoms with Gasteiger partial charge in [-0.3, -0.25) is 4.79 Å². The minimum absolute atomic E-state index is 0.150. The van der Waals surface area contributed by atoms with E-state index in [0.717, 1.165) is 22.3 Å². The summed E-state index contributed by atoms with van der Waals surface area (Å²) in [6, 6.07) is 16.1. The highest BCUT2D eigenvalue weighted by Crippen LogP contribution is 2.27. The molecule has 0 unspecified atom stereocenters. The molecule has 0 bridgehead atoms. The third-order valence-corrected chi connectivity index (χ3v) is 3.47. The first-order valence-corrected chi connectivity index (χ1v) is 6.67. The fraction of sp³-hybridized carbons (Fsp3) is 0.167. The van der Waals surface area contributed by atoms with Crippen LogP contribution in [0.25, 0.3) is 0 Å². The number of hydrogen-bond acceptors (Lipinski definition) is 1. The van der Waals surface area contributed by atoms with Crippen LogP contribution in [0.3, 0.4) is 0 Å². The van der Waals surface area contributed by atoms with Crippen LogP contribution in [-0.4, -0.2) is 5.91 Å². The molecule has 20 heavy (non-hydrogen) atoms. The van der Waals surface area contributed by atoms with Crippen LogP contribution in [0.1, 0.15) is 28.3 Å². The molecule has 0 fully saturated rings. The van der Waals surface area contributed by atoms with Crippen molar-refractivity contribution in [2.45, 2.75) is 19.9 Å². The van der Waals surface area contributed by atoms with Crippen LogP contribution in [0.15, 0.2) is 61.2 Å². The molecule has 0 heterocycles. The van der Waals surface area contributed by atoms with Crippen molar-refractivity contribution in [3.05, 3.63) is 83.4 Å². The van der Waals surface area contributed by atoms with E-state index in [-0.39, 0.29) is 11.9 Å². The van der Waals surface area contributed by atoms with Crippen molar-refractivity contribution in [1.29, 1.82) is 0 Å². The molecule has 2 heteroatoms. The summed E-state index contributed by atoms with van der Waals surface area (Å²) in [5.74, 6) is -0.165. The number of benzene rings is 2. The van der Waals surface area contributed by atoms with E-state index in [2.05, 4.69) is 50.0 Å². The van der Waals surface area contributed by atoms with Gasteiger partial charge in [-0.1, -0.05) is 55.1 Å². The summed E-state index contributed by atoms with van der Waals surface area (Å²) in [5, 5.41) is 3.02. The lowest BCUT2D eigenvalue weighted by molar-refractivity contribution is -0.116. The van der Waals surface area contributed by atoms with Crippen LogP contribution < -0.4 is 5.32 Å². The van der Waals surface area contributed by atoms with E-state index in [1.807, 2.05) is 24.3 Å². The number of carbonyl (C=O) groups excluding carboxylic acids is 1. The third kappa shape index (κ3) is 2.97. The van der Waals surface area contributed by atoms with Gasteiger partial charge in [-0.2, -0.15) is 0 Å². The SMILES string of the molecule is C=CC(=O)NC(c1ccccc1C)c1ccccc1C. The third-order valence-electron chi connectivity index (χ3n) is 3.47. The molecule has 2 rings (SSSR count). The first kappa shape index (κ1) is 14.1. The van der Waals surface area contributed by atoms with Crippen LogP contribution in [-0.2, 0) is 4.79 Å². The van der Waals surface area contributed by atoms with E-state index in [1.165, 1.54) is 6.08 Å². The Bertz CT molecular complexity index is 585. The Hall–Kier alpha value is -2.35. The average molecular weight is 265 g/mol. The molecule has 0 radical (unpaired) electrons. The van der Waals surface area contributed by atoms with Crippen molar-refractivity contribution in [3.8, 4) is 0 Å². The van der Waals surface area contributed by atoms with E-state index in [9.17, 15) is 4.79 Å². The Labute approximate surface area is 120 Å². The Balaban J connectivity index is 2.51. The highest BCUT2D eigenvalue weighted by molar-refractivity contribution is 5.87. The van der Waals surface area contributed by atoms with E-state index in [4.69, 9.17) is 0 Å². The second-order valence-electron chi connectivity index (χ2n) is 4.86. The Morgan fingerprint density at radius 2 is 1.45 bits per heavy atom. The average Bonchev–Trinajstić information content (AvgIpc) is 2.46. The molecule has 1 amide bonds. The lowest BCUT2D eigenvalue weighted by Crippen LogP contribution is -2.28. The zero-order valence-electron chi connectivity index (χ0n) is 11.9. The van der Waals surface area contributed by atoms with E-state index >= 15 is 0 Å². The van der Waals surface area contributed by atoms with Gasteiger partial charge in [-0.25, -0.2) is 0 Å². The molecule has 0 aromatic heterocycles. The van der Waals surface area contributed by atoms with Gasteiger partial charge in [-0.15, -0.1) is 0 Å². The van der Waals surface area contributed by atoms with Crippen molar-refractivity contribution < 1.29 is 4.79 Å². The highest BCUT2D eigenvalue weighted by atomic mass is 16.1. The van der Waals surface area contributed by atoms with Crippen LogP contribution in [0.5, 0.6) is 0 Å². The second-order valence-corrected chi connectivity index (χ2v) is 4.86. The summed E-state index contributed by atoms with van der Waals surface area (Å²) in [6.45, 7) is 7.65. The molecule has 2 nitrogen and oxygen atoms in total. The molecule has 0 aliphatic rings. The molecular weight excluding hydrogens is 246 g/mol. The maximum atomic E-state index is 11.8. The minimum Gasteiger partial charge on any atom is -0.342 e. The fourth-order valence-electron chi connectivity index (χ4n) is 2.35. The Morgan fingerprint density at radius 1 is 1.00 bits per heavy atom. The maximum absolute atomic E-state index is 11.8. The fourth-order valence-corrected chi connectivity index (χ4v) is 2.35. The molecular formula is C18H19NO. The van der Waals surface area contributed by atoms with Crippen LogP contribution in [0.4, 0.5) is 0 Å². The van der Waals surface area contributed by atoms with Gasteiger partial charge in [0, 0.05) is 0 Å². The summed E-state index contributed by atoms with van der Waals surface area (Å²) in [4.78, 5) is 11.8. The number of nitrogens with one attached hydrogen (secondary N) is 1. The van der Waals surface area contributed by atoms with Gasteiger partial charge in [0.1, 0.15) is 0 Å². The zero-order valence-corrected chi connectivity index (χ0v) is 11.9. The normalized spacial score (nSPS) is 10.3. The van der Waals surface area contributed by atoms with E-state index in [1.54, 1.807) is 0 Å². The topological polar surface area (TPSA) is 29.1 Å².